The van der Waals surface area contributed by atoms with Crippen molar-refractivity contribution in [3.63, 3.8) is 0 Å². The second-order valence-electron chi connectivity index (χ2n) is 10.3. The van der Waals surface area contributed by atoms with Crippen LogP contribution in [-0.4, -0.2) is 24.3 Å². The number of hydrogen-bond acceptors (Lipinski definition) is 7. The Morgan fingerprint density at radius 3 is 2.58 bits per heavy atom. The van der Waals surface area contributed by atoms with Crippen LogP contribution in [0.1, 0.15) is 36.6 Å². The fourth-order valence-corrected chi connectivity index (χ4v) is 7.19. The van der Waals surface area contributed by atoms with Gasteiger partial charge in [-0.25, -0.2) is 9.79 Å². The van der Waals surface area contributed by atoms with Crippen LogP contribution in [0, 0.1) is 0 Å². The molecule has 0 aliphatic carbocycles. The van der Waals surface area contributed by atoms with Gasteiger partial charge in [0.15, 0.2) is 4.80 Å². The average Bonchev–Trinajstić information content (AvgIpc) is 3.33. The molecule has 0 saturated carbocycles. The first-order valence-corrected chi connectivity index (χ1v) is 16.2. The number of ether oxygens (including phenoxy) is 3. The summed E-state index contributed by atoms with van der Waals surface area (Å²) in [7, 11) is 1.58. The number of hydrogen-bond donors (Lipinski definition) is 0. The first-order valence-electron chi connectivity index (χ1n) is 14.2. The summed E-state index contributed by atoms with van der Waals surface area (Å²) in [6.45, 7) is 4.02. The molecule has 6 rings (SSSR count). The van der Waals surface area contributed by atoms with Crippen LogP contribution in [-0.2, 0) is 16.1 Å². The fraction of sp³-hybridized carbons (Fsp3) is 0.171. The monoisotopic (exact) mass is 702 g/mol. The molecule has 7 nitrogen and oxygen atoms in total. The SMILES string of the molecule is CCOC(=O)C1=C(C)N=c2s/c(=C\c3ccc(OCc4ccccc4Cl)c(Br)c3)c(=O)n2[C@@H]1c1c(OC)ccc2ccccc12. The topological polar surface area (TPSA) is 79.1 Å². The highest BCUT2D eigenvalue weighted by atomic mass is 79.9. The van der Waals surface area contributed by atoms with Crippen molar-refractivity contribution < 1.29 is 19.0 Å². The molecule has 0 bridgehead atoms. The van der Waals surface area contributed by atoms with Crippen molar-refractivity contribution in [2.75, 3.05) is 13.7 Å². The van der Waals surface area contributed by atoms with E-state index in [-0.39, 0.29) is 12.2 Å². The van der Waals surface area contributed by atoms with E-state index >= 15 is 0 Å². The van der Waals surface area contributed by atoms with Gasteiger partial charge in [0.05, 0.1) is 34.0 Å². The van der Waals surface area contributed by atoms with Crippen molar-refractivity contribution in [2.24, 2.45) is 4.99 Å². The number of allylic oxidation sites excluding steroid dienone is 1. The number of thiazole rings is 1. The number of esters is 1. The molecule has 0 radical (unpaired) electrons. The van der Waals surface area contributed by atoms with Crippen LogP contribution in [0.25, 0.3) is 16.8 Å². The van der Waals surface area contributed by atoms with Crippen LogP contribution < -0.4 is 24.4 Å². The van der Waals surface area contributed by atoms with Gasteiger partial charge in [-0.2, -0.15) is 0 Å². The van der Waals surface area contributed by atoms with Gasteiger partial charge in [0.2, 0.25) is 0 Å². The van der Waals surface area contributed by atoms with E-state index in [4.69, 9.17) is 30.8 Å². The van der Waals surface area contributed by atoms with Gasteiger partial charge in [0.1, 0.15) is 24.1 Å². The van der Waals surface area contributed by atoms with Crippen molar-refractivity contribution in [2.45, 2.75) is 26.5 Å². The molecule has 228 valence electrons. The van der Waals surface area contributed by atoms with Crippen molar-refractivity contribution in [3.8, 4) is 11.5 Å². The van der Waals surface area contributed by atoms with Crippen molar-refractivity contribution in [1.29, 1.82) is 0 Å². The third-order valence-electron chi connectivity index (χ3n) is 7.54. The highest BCUT2D eigenvalue weighted by Crippen LogP contribution is 2.40. The molecule has 0 spiro atoms. The van der Waals surface area contributed by atoms with Gasteiger partial charge < -0.3 is 14.2 Å². The number of rotatable bonds is 8. The third-order valence-corrected chi connectivity index (χ3v) is 9.51. The lowest BCUT2D eigenvalue weighted by atomic mass is 9.90. The summed E-state index contributed by atoms with van der Waals surface area (Å²) in [5, 5.41) is 2.46. The molecule has 0 N–H and O–H groups in total. The zero-order chi connectivity index (χ0) is 31.7. The highest BCUT2D eigenvalue weighted by molar-refractivity contribution is 9.10. The number of methoxy groups -OCH3 is 1. The van der Waals surface area contributed by atoms with Crippen LogP contribution in [0.4, 0.5) is 0 Å². The van der Waals surface area contributed by atoms with Crippen molar-refractivity contribution >= 4 is 61.7 Å². The van der Waals surface area contributed by atoms with E-state index in [0.717, 1.165) is 26.4 Å². The quantitative estimate of drug-likeness (QED) is 0.164. The highest BCUT2D eigenvalue weighted by Gasteiger charge is 2.36. The lowest BCUT2D eigenvalue weighted by Gasteiger charge is -2.27. The van der Waals surface area contributed by atoms with Gasteiger partial charge in [-0.3, -0.25) is 9.36 Å². The molecule has 45 heavy (non-hydrogen) atoms. The first kappa shape index (κ1) is 30.8. The maximum absolute atomic E-state index is 14.2. The molecular weight excluding hydrogens is 676 g/mol. The van der Waals surface area contributed by atoms with Crippen LogP contribution in [0.5, 0.6) is 11.5 Å². The van der Waals surface area contributed by atoms with E-state index in [1.165, 1.54) is 11.3 Å². The Morgan fingerprint density at radius 2 is 1.82 bits per heavy atom. The number of halogens is 2. The molecule has 0 fully saturated rings. The lowest BCUT2D eigenvalue weighted by Crippen LogP contribution is -2.40. The largest absolute Gasteiger partial charge is 0.496 e. The number of carbonyl (C=O) groups is 1. The predicted octanol–water partition coefficient (Wildman–Crippen LogP) is 6.96. The Hall–Kier alpha value is -4.18. The molecule has 1 aliphatic rings. The van der Waals surface area contributed by atoms with Gasteiger partial charge in [-0.15, -0.1) is 0 Å². The molecule has 1 aliphatic heterocycles. The molecule has 5 aromatic rings. The standard InChI is InChI=1S/C35H28BrClN2O5S/c1-4-43-34(41)30-20(2)38-35-39(32(30)31-24-11-7-5-9-22(24)14-16-28(31)42-3)33(40)29(45-35)18-21-13-15-27(25(36)17-21)44-19-23-10-6-8-12-26(23)37/h5-18,32H,4,19H2,1-3H3/b29-18-/t32-/m0/s1. The molecule has 2 heterocycles. The molecule has 1 aromatic heterocycles. The smallest absolute Gasteiger partial charge is 0.338 e. The minimum Gasteiger partial charge on any atom is -0.496 e. The van der Waals surface area contributed by atoms with Crippen LogP contribution in [0.3, 0.4) is 0 Å². The average molecular weight is 704 g/mol. The summed E-state index contributed by atoms with van der Waals surface area (Å²) in [6.07, 6.45) is 1.81. The Bertz CT molecular complexity index is 2170. The van der Waals surface area contributed by atoms with E-state index < -0.39 is 12.0 Å². The summed E-state index contributed by atoms with van der Waals surface area (Å²) in [6, 6.07) is 24.0. The second-order valence-corrected chi connectivity index (χ2v) is 12.5. The van der Waals surface area contributed by atoms with Crippen molar-refractivity contribution in [3.05, 3.63) is 136 Å². The van der Waals surface area contributed by atoms with Gasteiger partial charge in [-0.05, 0) is 76.5 Å². The van der Waals surface area contributed by atoms with E-state index in [9.17, 15) is 9.59 Å². The van der Waals surface area contributed by atoms with E-state index in [2.05, 4.69) is 15.9 Å². The number of aromatic nitrogens is 1. The van der Waals surface area contributed by atoms with Crippen LogP contribution >= 0.6 is 38.9 Å². The predicted molar refractivity (Wildman–Crippen MR) is 181 cm³/mol. The molecule has 10 heteroatoms. The number of fused-ring (bicyclic) bond motifs is 2. The minimum absolute atomic E-state index is 0.187. The molecule has 0 saturated heterocycles. The first-order chi connectivity index (χ1) is 21.8. The van der Waals surface area contributed by atoms with E-state index in [1.54, 1.807) is 25.5 Å². The molecule has 0 unspecified atom stereocenters. The maximum atomic E-state index is 14.2. The lowest BCUT2D eigenvalue weighted by molar-refractivity contribution is -0.139. The zero-order valence-corrected chi connectivity index (χ0v) is 27.8. The van der Waals surface area contributed by atoms with Gasteiger partial charge in [-0.1, -0.05) is 77.5 Å². The summed E-state index contributed by atoms with van der Waals surface area (Å²) < 4.78 is 20.1. The van der Waals surface area contributed by atoms with Crippen LogP contribution in [0.15, 0.2) is 104 Å². The zero-order valence-electron chi connectivity index (χ0n) is 24.7. The Kier molecular flexibility index (Phi) is 8.94. The number of carbonyl (C=O) groups excluding carboxylic acids is 1. The summed E-state index contributed by atoms with van der Waals surface area (Å²) in [5.41, 5.74) is 2.88. The molecule has 0 amide bonds. The van der Waals surface area contributed by atoms with Gasteiger partial charge >= 0.3 is 5.97 Å². The van der Waals surface area contributed by atoms with Gasteiger partial charge in [0, 0.05) is 16.1 Å². The third kappa shape index (κ3) is 5.95. The number of nitrogens with zero attached hydrogens (tertiary/aromatic N) is 2. The molecule has 1 atom stereocenters. The summed E-state index contributed by atoms with van der Waals surface area (Å²) in [5.74, 6) is 0.677. The van der Waals surface area contributed by atoms with Gasteiger partial charge in [0.25, 0.3) is 5.56 Å². The maximum Gasteiger partial charge on any atom is 0.338 e. The Balaban J connectivity index is 1.46. The normalized spacial score (nSPS) is 14.7. The summed E-state index contributed by atoms with van der Waals surface area (Å²) in [4.78, 5) is 32.9. The second kappa shape index (κ2) is 13.0. The van der Waals surface area contributed by atoms with Crippen LogP contribution in [0.2, 0.25) is 5.02 Å². The molecular formula is C35H28BrClN2O5S. The Morgan fingerprint density at radius 1 is 1.07 bits per heavy atom. The minimum atomic E-state index is -0.809. The van der Waals surface area contributed by atoms with E-state index in [1.807, 2.05) is 84.9 Å². The molecule has 4 aromatic carbocycles. The number of benzene rings is 4. The van der Waals surface area contributed by atoms with Crippen molar-refractivity contribution in [1.82, 2.24) is 4.57 Å². The Labute approximate surface area is 276 Å². The van der Waals surface area contributed by atoms with E-state index in [0.29, 0.717) is 49.3 Å². The summed E-state index contributed by atoms with van der Waals surface area (Å²) >= 11 is 11.1. The fourth-order valence-electron chi connectivity index (χ4n) is 5.45.